The number of nitrogens with two attached hydrogens (primary N) is 1. The highest BCUT2D eigenvalue weighted by Crippen LogP contribution is 2.05. The van der Waals surface area contributed by atoms with E-state index < -0.39 is 0 Å². The Morgan fingerprint density at radius 1 is 1.52 bits per heavy atom. The van der Waals surface area contributed by atoms with Crippen molar-refractivity contribution < 1.29 is 9.18 Å². The Morgan fingerprint density at radius 2 is 2.29 bits per heavy atom. The highest BCUT2D eigenvalue weighted by molar-refractivity contribution is 5.92. The van der Waals surface area contributed by atoms with E-state index in [2.05, 4.69) is 15.6 Å². The Morgan fingerprint density at radius 3 is 2.95 bits per heavy atom. The number of nitrogens with one attached hydrogen (secondary N) is 1. The van der Waals surface area contributed by atoms with Gasteiger partial charge in [0.15, 0.2) is 5.69 Å². The predicted octanol–water partition coefficient (Wildman–Crippen LogP) is 0.964. The summed E-state index contributed by atoms with van der Waals surface area (Å²) < 4.78 is 14.5. The molecule has 0 spiro atoms. The van der Waals surface area contributed by atoms with Crippen molar-refractivity contribution >= 4 is 18.3 Å². The third kappa shape index (κ3) is 4.80. The molecule has 0 aliphatic rings. The highest BCUT2D eigenvalue weighted by atomic mass is 35.5. The van der Waals surface area contributed by atoms with Gasteiger partial charge in [-0.2, -0.15) is 0 Å². The standard InChI is InChI=1S/C13H16FN5O.ClH/c1-9(6-15)16-13(20)12-8-19(18-17-12)7-10-3-2-4-11(14)5-10;/h2-5,8-9H,6-7,15H2,1H3,(H,16,20);1H/t9-;/m0./s1. The quantitative estimate of drug-likeness (QED) is 0.861. The van der Waals surface area contributed by atoms with E-state index in [1.54, 1.807) is 19.1 Å². The molecule has 1 aromatic carbocycles. The molecule has 3 N–H and O–H groups in total. The topological polar surface area (TPSA) is 85.8 Å². The number of rotatable bonds is 5. The molecule has 0 bridgehead atoms. The van der Waals surface area contributed by atoms with E-state index in [9.17, 15) is 9.18 Å². The van der Waals surface area contributed by atoms with Crippen LogP contribution in [0.15, 0.2) is 30.5 Å². The van der Waals surface area contributed by atoms with Crippen molar-refractivity contribution in [2.24, 2.45) is 5.73 Å². The first kappa shape index (κ1) is 17.1. The molecular weight excluding hydrogens is 297 g/mol. The van der Waals surface area contributed by atoms with Gasteiger partial charge in [-0.25, -0.2) is 9.07 Å². The number of carbonyl (C=O) groups excluding carboxylic acids is 1. The van der Waals surface area contributed by atoms with E-state index in [1.165, 1.54) is 23.0 Å². The zero-order valence-electron chi connectivity index (χ0n) is 11.5. The summed E-state index contributed by atoms with van der Waals surface area (Å²) in [6, 6.07) is 6.06. The van der Waals surface area contributed by atoms with Gasteiger partial charge in [-0.15, -0.1) is 17.5 Å². The minimum Gasteiger partial charge on any atom is -0.347 e. The predicted molar refractivity (Wildman–Crippen MR) is 78.8 cm³/mol. The Labute approximate surface area is 127 Å². The van der Waals surface area contributed by atoms with Crippen LogP contribution in [-0.2, 0) is 6.54 Å². The second kappa shape index (κ2) is 7.70. The first-order valence-corrected chi connectivity index (χ1v) is 6.24. The van der Waals surface area contributed by atoms with Gasteiger partial charge in [-0.05, 0) is 24.6 Å². The monoisotopic (exact) mass is 313 g/mol. The van der Waals surface area contributed by atoms with Gasteiger partial charge in [0.1, 0.15) is 5.82 Å². The average Bonchev–Trinajstić information content (AvgIpc) is 2.87. The molecule has 0 unspecified atom stereocenters. The SMILES string of the molecule is C[C@@H](CN)NC(=O)c1cn(Cc2cccc(F)c2)nn1.Cl. The molecule has 0 saturated carbocycles. The van der Waals surface area contributed by atoms with Crippen LogP contribution in [0, 0.1) is 5.82 Å². The Hall–Kier alpha value is -1.99. The van der Waals surface area contributed by atoms with Crippen LogP contribution < -0.4 is 11.1 Å². The molecule has 0 aliphatic heterocycles. The van der Waals surface area contributed by atoms with Crippen molar-refractivity contribution in [3.05, 3.63) is 47.5 Å². The molecule has 1 amide bonds. The van der Waals surface area contributed by atoms with E-state index in [-0.39, 0.29) is 35.9 Å². The summed E-state index contributed by atoms with van der Waals surface area (Å²) in [7, 11) is 0. The summed E-state index contributed by atoms with van der Waals surface area (Å²) in [5.41, 5.74) is 6.39. The maximum absolute atomic E-state index is 13.1. The molecule has 1 atom stereocenters. The number of amides is 1. The third-order valence-electron chi connectivity index (χ3n) is 2.74. The molecule has 8 heteroatoms. The summed E-state index contributed by atoms with van der Waals surface area (Å²) in [5.74, 6) is -0.634. The summed E-state index contributed by atoms with van der Waals surface area (Å²) in [4.78, 5) is 11.8. The average molecular weight is 314 g/mol. The van der Waals surface area contributed by atoms with E-state index in [0.29, 0.717) is 13.1 Å². The van der Waals surface area contributed by atoms with Crippen LogP contribution in [0.4, 0.5) is 4.39 Å². The highest BCUT2D eigenvalue weighted by Gasteiger charge is 2.12. The van der Waals surface area contributed by atoms with E-state index in [1.807, 2.05) is 0 Å². The molecule has 1 aromatic heterocycles. The zero-order valence-corrected chi connectivity index (χ0v) is 12.3. The van der Waals surface area contributed by atoms with E-state index >= 15 is 0 Å². The lowest BCUT2D eigenvalue weighted by atomic mass is 10.2. The minimum absolute atomic E-state index is 0. The molecule has 2 aromatic rings. The lowest BCUT2D eigenvalue weighted by molar-refractivity contribution is 0.0936. The maximum atomic E-state index is 13.1. The molecule has 21 heavy (non-hydrogen) atoms. The fourth-order valence-corrected chi connectivity index (χ4v) is 1.66. The fraction of sp³-hybridized carbons (Fsp3) is 0.308. The van der Waals surface area contributed by atoms with E-state index in [0.717, 1.165) is 5.56 Å². The Balaban J connectivity index is 0.00000220. The van der Waals surface area contributed by atoms with Crippen molar-refractivity contribution in [2.75, 3.05) is 6.54 Å². The van der Waals surface area contributed by atoms with Gasteiger partial charge in [0.2, 0.25) is 0 Å². The molecule has 6 nitrogen and oxygen atoms in total. The number of hydrogen-bond acceptors (Lipinski definition) is 4. The number of halogens is 2. The van der Waals surface area contributed by atoms with Crippen LogP contribution in [0.2, 0.25) is 0 Å². The van der Waals surface area contributed by atoms with Crippen molar-refractivity contribution in [3.63, 3.8) is 0 Å². The fourth-order valence-electron chi connectivity index (χ4n) is 1.66. The number of aromatic nitrogens is 3. The minimum atomic E-state index is -0.326. The Kier molecular flexibility index (Phi) is 6.26. The normalized spacial score (nSPS) is 11.6. The second-order valence-corrected chi connectivity index (χ2v) is 4.54. The molecule has 2 rings (SSSR count). The first-order valence-electron chi connectivity index (χ1n) is 6.24. The summed E-state index contributed by atoms with van der Waals surface area (Å²) in [5, 5.41) is 10.3. The third-order valence-corrected chi connectivity index (χ3v) is 2.74. The van der Waals surface area contributed by atoms with Crippen LogP contribution in [0.5, 0.6) is 0 Å². The number of benzene rings is 1. The van der Waals surface area contributed by atoms with E-state index in [4.69, 9.17) is 5.73 Å². The van der Waals surface area contributed by atoms with Gasteiger partial charge in [0.05, 0.1) is 12.7 Å². The van der Waals surface area contributed by atoms with Crippen LogP contribution in [0.25, 0.3) is 0 Å². The molecule has 0 aliphatic carbocycles. The van der Waals surface area contributed by atoms with Crippen molar-refractivity contribution in [1.82, 2.24) is 20.3 Å². The Bertz CT molecular complexity index is 604. The first-order chi connectivity index (χ1) is 9.58. The van der Waals surface area contributed by atoms with Crippen molar-refractivity contribution in [2.45, 2.75) is 19.5 Å². The number of hydrogen-bond donors (Lipinski definition) is 2. The van der Waals surface area contributed by atoms with Crippen LogP contribution in [0.1, 0.15) is 23.0 Å². The molecule has 0 fully saturated rings. The number of carbonyl (C=O) groups is 1. The zero-order chi connectivity index (χ0) is 14.5. The maximum Gasteiger partial charge on any atom is 0.273 e. The number of nitrogens with zero attached hydrogens (tertiary/aromatic N) is 3. The molecule has 114 valence electrons. The van der Waals surface area contributed by atoms with Crippen LogP contribution in [0.3, 0.4) is 0 Å². The van der Waals surface area contributed by atoms with Gasteiger partial charge >= 0.3 is 0 Å². The van der Waals surface area contributed by atoms with Gasteiger partial charge in [0.25, 0.3) is 5.91 Å². The van der Waals surface area contributed by atoms with Gasteiger partial charge in [-0.1, -0.05) is 17.3 Å². The second-order valence-electron chi connectivity index (χ2n) is 4.54. The summed E-state index contributed by atoms with van der Waals surface area (Å²) in [6.45, 7) is 2.50. The van der Waals surface area contributed by atoms with Crippen LogP contribution in [-0.4, -0.2) is 33.5 Å². The van der Waals surface area contributed by atoms with Crippen LogP contribution >= 0.6 is 12.4 Å². The smallest absolute Gasteiger partial charge is 0.273 e. The molecule has 0 radical (unpaired) electrons. The van der Waals surface area contributed by atoms with Crippen molar-refractivity contribution in [1.29, 1.82) is 0 Å². The molecular formula is C13H17ClFN5O. The van der Waals surface area contributed by atoms with Gasteiger partial charge in [0, 0.05) is 12.6 Å². The lowest BCUT2D eigenvalue weighted by Gasteiger charge is -2.08. The molecule has 1 heterocycles. The largest absolute Gasteiger partial charge is 0.347 e. The van der Waals surface area contributed by atoms with Crippen molar-refractivity contribution in [3.8, 4) is 0 Å². The summed E-state index contributed by atoms with van der Waals surface area (Å²) in [6.07, 6.45) is 1.52. The van der Waals surface area contributed by atoms with Gasteiger partial charge < -0.3 is 11.1 Å². The lowest BCUT2D eigenvalue weighted by Crippen LogP contribution is -2.37. The summed E-state index contributed by atoms with van der Waals surface area (Å²) >= 11 is 0. The molecule has 0 saturated heterocycles. The van der Waals surface area contributed by atoms with Gasteiger partial charge in [-0.3, -0.25) is 4.79 Å².